The Morgan fingerprint density at radius 2 is 1.75 bits per heavy atom. The van der Waals surface area contributed by atoms with Gasteiger partial charge in [0.1, 0.15) is 0 Å². The van der Waals surface area contributed by atoms with Crippen molar-refractivity contribution in [2.45, 2.75) is 0 Å². The van der Waals surface area contributed by atoms with Crippen LogP contribution in [0.2, 0.25) is 0 Å². The summed E-state index contributed by atoms with van der Waals surface area (Å²) in [5, 5.41) is 14.4. The first-order chi connectivity index (χ1) is 3.27. The van der Waals surface area contributed by atoms with Crippen molar-refractivity contribution in [2.24, 2.45) is 0 Å². The number of aliphatic hydroxyl groups is 1. The van der Waals surface area contributed by atoms with E-state index in [1.54, 1.807) is 0 Å². The Labute approximate surface area is 70.3 Å². The van der Waals surface area contributed by atoms with Crippen molar-refractivity contribution in [1.29, 1.82) is 0 Å². The molecule has 0 spiro atoms. The second-order valence-corrected chi connectivity index (χ2v) is 0.542. The molecule has 3 nitrogen and oxygen atoms in total. The summed E-state index contributed by atoms with van der Waals surface area (Å²) in [6.45, 7) is 2.96. The monoisotopic (exact) mass is 126 g/mol. The van der Waals surface area contributed by atoms with E-state index in [1.165, 1.54) is 0 Å². The molecule has 0 aromatic carbocycles. The maximum Gasteiger partial charge on any atom is 1.00 e. The van der Waals surface area contributed by atoms with Crippen molar-refractivity contribution in [3.63, 3.8) is 0 Å². The summed E-state index contributed by atoms with van der Waals surface area (Å²) in [6.07, 6.45) is 0.833. The van der Waals surface area contributed by atoms with Crippen LogP contribution >= 0.6 is 0 Å². The van der Waals surface area contributed by atoms with Gasteiger partial charge in [-0.3, -0.25) is 0 Å². The van der Waals surface area contributed by atoms with Gasteiger partial charge >= 0.3 is 35.5 Å². The molecule has 0 amide bonds. The largest absolute Gasteiger partial charge is 1.00 e. The molecule has 0 aromatic heterocycles. The molecule has 0 radical (unpaired) electrons. The van der Waals surface area contributed by atoms with Crippen LogP contribution in [0.25, 0.3) is 0 Å². The number of aliphatic carboxylic acids is 1. The van der Waals surface area contributed by atoms with E-state index in [0.29, 0.717) is 0 Å². The third-order valence-corrected chi connectivity index (χ3v) is 0.175. The van der Waals surface area contributed by atoms with E-state index >= 15 is 0 Å². The van der Waals surface area contributed by atoms with Gasteiger partial charge in [-0.1, -0.05) is 6.58 Å². The second-order valence-electron chi connectivity index (χ2n) is 0.542. The Morgan fingerprint density at radius 1 is 1.62 bits per heavy atom. The Morgan fingerprint density at radius 3 is 1.75 bits per heavy atom. The number of hydrogen-bond acceptors (Lipinski definition) is 2. The number of hydrogen-bond donors (Lipinski definition) is 2. The molecular formula is C4H7NaO3. The summed E-state index contributed by atoms with van der Waals surface area (Å²) in [6, 6.07) is 0. The molecule has 0 unspecified atom stereocenters. The first kappa shape index (κ1) is 15.7. The number of carboxylic acids is 1. The molecule has 0 aromatic rings. The van der Waals surface area contributed by atoms with Gasteiger partial charge in [-0.15, -0.1) is 0 Å². The molecule has 0 fully saturated rings. The molecule has 42 valence electrons. The molecule has 0 aliphatic carbocycles. The maximum absolute atomic E-state index is 9.25. The van der Waals surface area contributed by atoms with Crippen molar-refractivity contribution in [1.82, 2.24) is 0 Å². The van der Waals surface area contributed by atoms with Crippen LogP contribution in [0.3, 0.4) is 0 Å². The fourth-order valence-corrected chi connectivity index (χ4v) is 0. The summed E-state index contributed by atoms with van der Waals surface area (Å²) in [7, 11) is 2.25. The molecule has 0 bridgehead atoms. The third kappa shape index (κ3) is 35.0. The van der Waals surface area contributed by atoms with E-state index < -0.39 is 5.97 Å². The van der Waals surface area contributed by atoms with Crippen LogP contribution in [-0.2, 0) is 4.79 Å². The summed E-state index contributed by atoms with van der Waals surface area (Å²) < 4.78 is 0. The second kappa shape index (κ2) is 15.7. The molecule has 0 aliphatic rings. The fourth-order valence-electron chi connectivity index (χ4n) is 0. The molecule has 8 heavy (non-hydrogen) atoms. The zero-order chi connectivity index (χ0) is 6.28. The fraction of sp³-hybridized carbons (Fsp3) is 0. The van der Waals surface area contributed by atoms with Gasteiger partial charge in [0.2, 0.25) is 0 Å². The van der Waals surface area contributed by atoms with Crippen LogP contribution in [0.4, 0.5) is 0 Å². The minimum absolute atomic E-state index is 0. The number of rotatable bonds is 1. The smallest absolute Gasteiger partial charge is 0.569 e. The normalized spacial score (nSPS) is 4.75. The van der Waals surface area contributed by atoms with Crippen LogP contribution in [0.15, 0.2) is 12.7 Å². The van der Waals surface area contributed by atoms with Crippen molar-refractivity contribution >= 4 is 5.97 Å². The van der Waals surface area contributed by atoms with E-state index in [-0.39, 0.29) is 29.6 Å². The SMILES string of the molecule is C=CC(=O)O.[CH2-]O.[Na+]. The summed E-state index contributed by atoms with van der Waals surface area (Å²) in [5.74, 6) is -0.981. The van der Waals surface area contributed by atoms with Crippen LogP contribution in [0.5, 0.6) is 0 Å². The Bertz CT molecular complexity index is 62.3. The predicted octanol–water partition coefficient (Wildman–Crippen LogP) is -2.59. The third-order valence-electron chi connectivity index (χ3n) is 0.175. The summed E-state index contributed by atoms with van der Waals surface area (Å²) in [5.41, 5.74) is 0. The van der Waals surface area contributed by atoms with E-state index in [9.17, 15) is 4.79 Å². The molecule has 0 aliphatic heterocycles. The molecule has 0 atom stereocenters. The van der Waals surface area contributed by atoms with Gasteiger partial charge in [-0.25, -0.2) is 11.9 Å². The van der Waals surface area contributed by atoms with E-state index in [2.05, 4.69) is 13.7 Å². The van der Waals surface area contributed by atoms with Crippen molar-refractivity contribution in [3.8, 4) is 0 Å². The number of carboxylic acid groups (broad SMARTS) is 1. The molecule has 2 N–H and O–H groups in total. The van der Waals surface area contributed by atoms with Gasteiger partial charge < -0.3 is 10.2 Å². The molecule has 4 heteroatoms. The van der Waals surface area contributed by atoms with E-state index in [0.717, 1.165) is 6.08 Å². The van der Waals surface area contributed by atoms with Crippen LogP contribution < -0.4 is 29.6 Å². The van der Waals surface area contributed by atoms with E-state index in [4.69, 9.17) is 10.2 Å². The minimum Gasteiger partial charge on any atom is -0.569 e. The van der Waals surface area contributed by atoms with Crippen molar-refractivity contribution in [3.05, 3.63) is 19.8 Å². The molecule has 0 heterocycles. The standard InChI is InChI=1S/C3H4O2.CH3O.Na/c1-2-3(4)5;1-2;/h2H,1H2,(H,4,5);2H,1H2;/q;-1;+1. The zero-order valence-corrected chi connectivity index (χ0v) is 6.79. The topological polar surface area (TPSA) is 57.5 Å². The Kier molecular flexibility index (Phi) is 30.8. The first-order valence-electron chi connectivity index (χ1n) is 1.44. The van der Waals surface area contributed by atoms with E-state index in [1.807, 2.05) is 0 Å². The van der Waals surface area contributed by atoms with Crippen molar-refractivity contribution < 1.29 is 44.6 Å². The van der Waals surface area contributed by atoms with Gasteiger partial charge in [0.15, 0.2) is 0 Å². The molecular weight excluding hydrogens is 119 g/mol. The quantitative estimate of drug-likeness (QED) is 0.230. The predicted molar refractivity (Wildman–Crippen MR) is 25.1 cm³/mol. The zero-order valence-electron chi connectivity index (χ0n) is 4.79. The Hall–Kier alpha value is 0.170. The minimum atomic E-state index is -0.981. The van der Waals surface area contributed by atoms with Crippen LogP contribution in [0, 0.1) is 7.11 Å². The molecule has 0 saturated carbocycles. The van der Waals surface area contributed by atoms with Crippen molar-refractivity contribution in [2.75, 3.05) is 0 Å². The van der Waals surface area contributed by atoms with Gasteiger partial charge in [0.25, 0.3) is 0 Å². The number of aliphatic hydroxyl groups excluding tert-OH is 1. The van der Waals surface area contributed by atoms with Gasteiger partial charge in [0, 0.05) is 6.08 Å². The first-order valence-corrected chi connectivity index (χ1v) is 1.44. The average molecular weight is 126 g/mol. The van der Waals surface area contributed by atoms with Crippen LogP contribution in [0.1, 0.15) is 0 Å². The Balaban J connectivity index is -0.0000000750. The van der Waals surface area contributed by atoms with Gasteiger partial charge in [0.05, 0.1) is 0 Å². The average Bonchev–Trinajstić information content (AvgIpc) is 1.73. The van der Waals surface area contributed by atoms with Crippen LogP contribution in [-0.4, -0.2) is 16.2 Å². The molecule has 0 saturated heterocycles. The maximum atomic E-state index is 9.25. The van der Waals surface area contributed by atoms with Gasteiger partial charge in [-0.05, 0) is 0 Å². The summed E-state index contributed by atoms with van der Waals surface area (Å²) in [4.78, 5) is 9.25. The molecule has 0 rings (SSSR count). The summed E-state index contributed by atoms with van der Waals surface area (Å²) >= 11 is 0. The number of carbonyl (C=O) groups is 1. The van der Waals surface area contributed by atoms with Gasteiger partial charge in [-0.2, -0.15) is 0 Å².